The Labute approximate surface area is 122 Å². The van der Waals surface area contributed by atoms with Crippen LogP contribution >= 0.6 is 11.3 Å². The number of nitrogens with zero attached hydrogens (tertiary/aromatic N) is 1. The molecular weight excluding hydrogens is 268 g/mol. The lowest BCUT2D eigenvalue weighted by atomic mass is 9.94. The van der Waals surface area contributed by atoms with Crippen molar-refractivity contribution >= 4 is 22.4 Å². The van der Waals surface area contributed by atoms with Crippen LogP contribution in [0.1, 0.15) is 19.3 Å². The molecule has 20 heavy (non-hydrogen) atoms. The van der Waals surface area contributed by atoms with Gasteiger partial charge in [-0.15, -0.1) is 0 Å². The fraction of sp³-hybridized carbons (Fsp3) is 0.250. The third-order valence-electron chi connectivity index (χ3n) is 3.43. The SMILES string of the molecule is O=C(Nc1ncc(-c2ccccc2)s1)[C@@H]1CC=CCC1. The highest BCUT2D eigenvalue weighted by molar-refractivity contribution is 7.19. The number of hydrogen-bond donors (Lipinski definition) is 1. The predicted octanol–water partition coefficient (Wildman–Crippen LogP) is 4.10. The summed E-state index contributed by atoms with van der Waals surface area (Å²) in [6, 6.07) is 10.1. The highest BCUT2D eigenvalue weighted by Crippen LogP contribution is 2.29. The minimum atomic E-state index is 0.0864. The number of carbonyl (C=O) groups excluding carboxylic acids is 1. The Kier molecular flexibility index (Phi) is 3.92. The Morgan fingerprint density at radius 3 is 2.85 bits per heavy atom. The summed E-state index contributed by atoms with van der Waals surface area (Å²) in [7, 11) is 0. The summed E-state index contributed by atoms with van der Waals surface area (Å²) in [5.74, 6) is 0.174. The second-order valence-corrected chi connectivity index (χ2v) is 5.90. The quantitative estimate of drug-likeness (QED) is 0.862. The number of amides is 1. The monoisotopic (exact) mass is 284 g/mol. The zero-order valence-electron chi connectivity index (χ0n) is 11.1. The molecule has 0 aliphatic heterocycles. The number of allylic oxidation sites excluding steroid dienone is 2. The van der Waals surface area contributed by atoms with Gasteiger partial charge in [-0.25, -0.2) is 4.98 Å². The van der Waals surface area contributed by atoms with Crippen molar-refractivity contribution in [1.82, 2.24) is 4.98 Å². The molecule has 0 unspecified atom stereocenters. The Morgan fingerprint density at radius 2 is 2.10 bits per heavy atom. The number of nitrogens with one attached hydrogen (secondary N) is 1. The zero-order valence-corrected chi connectivity index (χ0v) is 11.9. The van der Waals surface area contributed by atoms with E-state index >= 15 is 0 Å². The summed E-state index contributed by atoms with van der Waals surface area (Å²) in [4.78, 5) is 17.5. The number of thiazole rings is 1. The van der Waals surface area contributed by atoms with Crippen molar-refractivity contribution in [2.45, 2.75) is 19.3 Å². The molecule has 1 aliphatic carbocycles. The first-order chi connectivity index (χ1) is 9.83. The van der Waals surface area contributed by atoms with Gasteiger partial charge in [-0.1, -0.05) is 53.8 Å². The normalized spacial score (nSPS) is 17.9. The van der Waals surface area contributed by atoms with Crippen LogP contribution in [-0.2, 0) is 4.79 Å². The Morgan fingerprint density at radius 1 is 1.25 bits per heavy atom. The molecule has 1 aliphatic rings. The van der Waals surface area contributed by atoms with Crippen LogP contribution in [0.2, 0.25) is 0 Å². The van der Waals surface area contributed by atoms with Gasteiger partial charge < -0.3 is 5.32 Å². The molecule has 0 radical (unpaired) electrons. The van der Waals surface area contributed by atoms with Crippen LogP contribution in [0.15, 0.2) is 48.7 Å². The summed E-state index contributed by atoms with van der Waals surface area (Å²) in [5.41, 5.74) is 1.13. The number of hydrogen-bond acceptors (Lipinski definition) is 3. The average molecular weight is 284 g/mol. The summed E-state index contributed by atoms with van der Waals surface area (Å²) in [6.07, 6.45) is 8.80. The van der Waals surface area contributed by atoms with Gasteiger partial charge in [0.15, 0.2) is 5.13 Å². The molecule has 0 fully saturated rings. The topological polar surface area (TPSA) is 42.0 Å². The van der Waals surface area contributed by atoms with E-state index in [0.29, 0.717) is 5.13 Å². The Hall–Kier alpha value is -1.94. The van der Waals surface area contributed by atoms with Crippen molar-refractivity contribution < 1.29 is 4.79 Å². The van der Waals surface area contributed by atoms with E-state index in [0.717, 1.165) is 29.7 Å². The molecule has 0 saturated carbocycles. The van der Waals surface area contributed by atoms with Gasteiger partial charge in [-0.05, 0) is 24.8 Å². The number of carbonyl (C=O) groups is 1. The van der Waals surface area contributed by atoms with Gasteiger partial charge in [0.2, 0.25) is 5.91 Å². The molecule has 0 spiro atoms. The maximum atomic E-state index is 12.1. The summed E-state index contributed by atoms with van der Waals surface area (Å²) < 4.78 is 0. The maximum absolute atomic E-state index is 12.1. The highest BCUT2D eigenvalue weighted by atomic mass is 32.1. The molecule has 2 aromatic rings. The van der Waals surface area contributed by atoms with Gasteiger partial charge in [0.25, 0.3) is 0 Å². The number of aromatic nitrogens is 1. The standard InChI is InChI=1S/C16H16N2OS/c19-15(13-9-5-2-6-10-13)18-16-17-11-14(20-16)12-7-3-1-4-8-12/h1-5,7-8,11,13H,6,9-10H2,(H,17,18,19)/t13-/m1/s1. The van der Waals surface area contributed by atoms with Crippen molar-refractivity contribution in [2.75, 3.05) is 5.32 Å². The highest BCUT2D eigenvalue weighted by Gasteiger charge is 2.19. The van der Waals surface area contributed by atoms with Gasteiger partial charge >= 0.3 is 0 Å². The molecule has 3 rings (SSSR count). The Balaban J connectivity index is 1.68. The smallest absolute Gasteiger partial charge is 0.229 e. The van der Waals surface area contributed by atoms with E-state index in [4.69, 9.17) is 0 Å². The summed E-state index contributed by atoms with van der Waals surface area (Å²) in [6.45, 7) is 0. The minimum Gasteiger partial charge on any atom is -0.302 e. The third-order valence-corrected chi connectivity index (χ3v) is 4.40. The third kappa shape index (κ3) is 2.96. The summed E-state index contributed by atoms with van der Waals surface area (Å²) in [5, 5.41) is 3.62. The molecule has 1 atom stereocenters. The van der Waals surface area contributed by atoms with E-state index in [9.17, 15) is 4.79 Å². The molecule has 1 amide bonds. The van der Waals surface area contributed by atoms with Crippen molar-refractivity contribution in [2.24, 2.45) is 5.92 Å². The van der Waals surface area contributed by atoms with Gasteiger partial charge in [-0.3, -0.25) is 4.79 Å². The van der Waals surface area contributed by atoms with Crippen LogP contribution in [0.3, 0.4) is 0 Å². The average Bonchev–Trinajstić information content (AvgIpc) is 2.97. The summed E-state index contributed by atoms with van der Waals surface area (Å²) >= 11 is 1.52. The fourth-order valence-electron chi connectivity index (χ4n) is 2.31. The van der Waals surface area contributed by atoms with E-state index in [-0.39, 0.29) is 11.8 Å². The molecular formula is C16H16N2OS. The van der Waals surface area contributed by atoms with Crippen LogP contribution in [-0.4, -0.2) is 10.9 Å². The first kappa shape index (κ1) is 13.1. The molecule has 1 aromatic carbocycles. The fourth-order valence-corrected chi connectivity index (χ4v) is 3.13. The van der Waals surface area contributed by atoms with Crippen molar-refractivity contribution in [3.63, 3.8) is 0 Å². The Bertz CT molecular complexity index is 618. The molecule has 4 heteroatoms. The first-order valence-corrected chi connectivity index (χ1v) is 7.62. The van der Waals surface area contributed by atoms with E-state index in [1.54, 1.807) is 0 Å². The van der Waals surface area contributed by atoms with Gasteiger partial charge in [0.1, 0.15) is 0 Å². The number of benzene rings is 1. The maximum Gasteiger partial charge on any atom is 0.229 e. The second-order valence-electron chi connectivity index (χ2n) is 4.87. The van der Waals surface area contributed by atoms with E-state index in [2.05, 4.69) is 22.5 Å². The molecule has 1 aromatic heterocycles. The molecule has 1 N–H and O–H groups in total. The van der Waals surface area contributed by atoms with Crippen LogP contribution < -0.4 is 5.32 Å². The van der Waals surface area contributed by atoms with Crippen LogP contribution in [0.4, 0.5) is 5.13 Å². The minimum absolute atomic E-state index is 0.0864. The number of anilines is 1. The van der Waals surface area contributed by atoms with Crippen LogP contribution in [0, 0.1) is 5.92 Å². The zero-order chi connectivity index (χ0) is 13.8. The predicted molar refractivity (Wildman–Crippen MR) is 82.7 cm³/mol. The van der Waals surface area contributed by atoms with E-state index < -0.39 is 0 Å². The molecule has 1 heterocycles. The molecule has 0 saturated heterocycles. The molecule has 0 bridgehead atoms. The lowest BCUT2D eigenvalue weighted by Crippen LogP contribution is -2.23. The second kappa shape index (κ2) is 6.01. The van der Waals surface area contributed by atoms with Gasteiger partial charge in [0.05, 0.1) is 4.88 Å². The van der Waals surface area contributed by atoms with Crippen molar-refractivity contribution in [3.05, 3.63) is 48.7 Å². The first-order valence-electron chi connectivity index (χ1n) is 6.80. The van der Waals surface area contributed by atoms with Crippen LogP contribution in [0.25, 0.3) is 10.4 Å². The number of rotatable bonds is 3. The van der Waals surface area contributed by atoms with E-state index in [1.807, 2.05) is 36.5 Å². The molecule has 102 valence electrons. The van der Waals surface area contributed by atoms with Crippen molar-refractivity contribution in [3.8, 4) is 10.4 Å². The van der Waals surface area contributed by atoms with E-state index in [1.165, 1.54) is 11.3 Å². The lowest BCUT2D eigenvalue weighted by molar-refractivity contribution is -0.120. The van der Waals surface area contributed by atoms with Gasteiger partial charge in [-0.2, -0.15) is 0 Å². The largest absolute Gasteiger partial charge is 0.302 e. The molecule has 3 nitrogen and oxygen atoms in total. The van der Waals surface area contributed by atoms with Crippen molar-refractivity contribution in [1.29, 1.82) is 0 Å². The lowest BCUT2D eigenvalue weighted by Gasteiger charge is -2.15. The van der Waals surface area contributed by atoms with Crippen LogP contribution in [0.5, 0.6) is 0 Å². The van der Waals surface area contributed by atoms with Gasteiger partial charge in [0, 0.05) is 12.1 Å².